The van der Waals surface area contributed by atoms with Crippen molar-refractivity contribution in [2.24, 2.45) is 0 Å². The third-order valence-electron chi connectivity index (χ3n) is 6.26. The lowest BCUT2D eigenvalue weighted by Crippen LogP contribution is -2.33. The summed E-state index contributed by atoms with van der Waals surface area (Å²) in [5, 5.41) is 3.54. The second kappa shape index (κ2) is 9.32. The van der Waals surface area contributed by atoms with E-state index in [1.807, 2.05) is 38.1 Å². The minimum Gasteiger partial charge on any atom is -0.324 e. The SMILES string of the molecule is CCc1ccc(NC(=O)[C@H](CC)n2cnc3sc(C)c(-c4ccc(C)c(C)c4)c3c2=O)cc1. The third kappa shape index (κ3) is 4.35. The minimum absolute atomic E-state index is 0.180. The molecule has 0 aliphatic rings. The predicted octanol–water partition coefficient (Wildman–Crippen LogP) is 6.20. The van der Waals surface area contributed by atoms with Crippen molar-refractivity contribution in [2.75, 3.05) is 5.32 Å². The maximum atomic E-state index is 13.7. The van der Waals surface area contributed by atoms with Gasteiger partial charge in [-0.15, -0.1) is 11.3 Å². The first-order chi connectivity index (χ1) is 15.8. The smallest absolute Gasteiger partial charge is 0.263 e. The third-order valence-corrected chi connectivity index (χ3v) is 7.28. The number of benzene rings is 2. The number of rotatable bonds is 6. The number of nitrogens with one attached hydrogen (secondary N) is 1. The van der Waals surface area contributed by atoms with E-state index in [0.29, 0.717) is 16.6 Å². The standard InChI is InChI=1S/C27H29N3O2S/c1-6-19-9-12-21(13-10-19)29-25(31)22(7-2)30-15-28-26-24(27(30)32)23(18(5)33-26)20-11-8-16(3)17(4)14-20/h8-15,22H,6-7H2,1-5H3,(H,29,31)/t22-/m0/s1. The van der Waals surface area contributed by atoms with Gasteiger partial charge in [-0.3, -0.25) is 14.2 Å². The quantitative estimate of drug-likeness (QED) is 0.373. The Labute approximate surface area is 198 Å². The number of thiophene rings is 1. The van der Waals surface area contributed by atoms with E-state index in [4.69, 9.17) is 0 Å². The largest absolute Gasteiger partial charge is 0.324 e. The lowest BCUT2D eigenvalue weighted by Gasteiger charge is -2.18. The van der Waals surface area contributed by atoms with E-state index in [-0.39, 0.29) is 11.5 Å². The Hall–Kier alpha value is -3.25. The van der Waals surface area contributed by atoms with Crippen LogP contribution in [0.3, 0.4) is 0 Å². The van der Waals surface area contributed by atoms with E-state index >= 15 is 0 Å². The van der Waals surface area contributed by atoms with E-state index < -0.39 is 6.04 Å². The Kier molecular flexibility index (Phi) is 6.47. The first-order valence-electron chi connectivity index (χ1n) is 11.3. The fraction of sp³-hybridized carbons (Fsp3) is 0.296. The Bertz CT molecular complexity index is 1380. The molecular weight excluding hydrogens is 430 g/mol. The van der Waals surface area contributed by atoms with Gasteiger partial charge in [0.05, 0.1) is 11.7 Å². The number of amides is 1. The molecule has 0 radical (unpaired) electrons. The molecule has 1 N–H and O–H groups in total. The number of hydrogen-bond donors (Lipinski definition) is 1. The number of carbonyl (C=O) groups is 1. The Morgan fingerprint density at radius 1 is 1.06 bits per heavy atom. The fourth-order valence-electron chi connectivity index (χ4n) is 4.14. The fourth-order valence-corrected chi connectivity index (χ4v) is 5.14. The van der Waals surface area contributed by atoms with Crippen molar-refractivity contribution < 1.29 is 4.79 Å². The van der Waals surface area contributed by atoms with Gasteiger partial charge in [0.2, 0.25) is 5.91 Å². The molecule has 1 atom stereocenters. The number of anilines is 1. The maximum Gasteiger partial charge on any atom is 0.263 e. The van der Waals surface area contributed by atoms with Gasteiger partial charge in [-0.2, -0.15) is 0 Å². The highest BCUT2D eigenvalue weighted by Crippen LogP contribution is 2.36. The van der Waals surface area contributed by atoms with Crippen LogP contribution in [0.25, 0.3) is 21.3 Å². The monoisotopic (exact) mass is 459 g/mol. The average molecular weight is 460 g/mol. The highest BCUT2D eigenvalue weighted by Gasteiger charge is 2.24. The highest BCUT2D eigenvalue weighted by atomic mass is 32.1. The topological polar surface area (TPSA) is 64.0 Å². The van der Waals surface area contributed by atoms with Crippen molar-refractivity contribution in [3.8, 4) is 11.1 Å². The summed E-state index contributed by atoms with van der Waals surface area (Å²) in [6, 6.07) is 13.4. The van der Waals surface area contributed by atoms with E-state index in [0.717, 1.165) is 28.1 Å². The van der Waals surface area contributed by atoms with Crippen LogP contribution in [-0.4, -0.2) is 15.5 Å². The number of nitrogens with zero attached hydrogens (tertiary/aromatic N) is 2. The van der Waals surface area contributed by atoms with Gasteiger partial charge in [0, 0.05) is 16.1 Å². The van der Waals surface area contributed by atoms with Crippen LogP contribution in [0.5, 0.6) is 0 Å². The van der Waals surface area contributed by atoms with Crippen LogP contribution < -0.4 is 10.9 Å². The van der Waals surface area contributed by atoms with Crippen molar-refractivity contribution in [2.45, 2.75) is 53.5 Å². The van der Waals surface area contributed by atoms with Crippen molar-refractivity contribution in [1.29, 1.82) is 0 Å². The van der Waals surface area contributed by atoms with Gasteiger partial charge >= 0.3 is 0 Å². The first kappa shape index (κ1) is 22.9. The van der Waals surface area contributed by atoms with Crippen LogP contribution in [0.1, 0.15) is 47.9 Å². The van der Waals surface area contributed by atoms with E-state index in [9.17, 15) is 9.59 Å². The molecule has 0 bridgehead atoms. The molecule has 0 saturated heterocycles. The molecule has 170 valence electrons. The molecule has 4 rings (SSSR count). The molecule has 0 unspecified atom stereocenters. The van der Waals surface area contributed by atoms with Gasteiger partial charge in [-0.1, -0.05) is 44.2 Å². The summed E-state index contributed by atoms with van der Waals surface area (Å²) in [5.41, 5.74) is 6.05. The number of fused-ring (bicyclic) bond motifs is 1. The van der Waals surface area contributed by atoms with Gasteiger partial charge in [-0.25, -0.2) is 4.98 Å². The summed E-state index contributed by atoms with van der Waals surface area (Å²) in [5.74, 6) is -0.218. The minimum atomic E-state index is -0.645. The number of aryl methyl sites for hydroxylation is 4. The van der Waals surface area contributed by atoms with Crippen molar-refractivity contribution in [3.05, 3.63) is 80.7 Å². The normalized spacial score (nSPS) is 12.2. The molecule has 0 fully saturated rings. The Morgan fingerprint density at radius 3 is 2.42 bits per heavy atom. The van der Waals surface area contributed by atoms with Gasteiger partial charge in [0.15, 0.2) is 0 Å². The maximum absolute atomic E-state index is 13.7. The molecule has 5 nitrogen and oxygen atoms in total. The lowest BCUT2D eigenvalue weighted by molar-refractivity contribution is -0.119. The van der Waals surface area contributed by atoms with Crippen LogP contribution in [-0.2, 0) is 11.2 Å². The van der Waals surface area contributed by atoms with Crippen LogP contribution in [0.15, 0.2) is 53.6 Å². The van der Waals surface area contributed by atoms with Gasteiger partial charge in [-0.05, 0) is 68.0 Å². The van der Waals surface area contributed by atoms with Crippen LogP contribution in [0, 0.1) is 20.8 Å². The molecule has 0 aliphatic carbocycles. The first-order valence-corrected chi connectivity index (χ1v) is 12.1. The van der Waals surface area contributed by atoms with Gasteiger partial charge in [0.1, 0.15) is 10.9 Å². The zero-order valence-corrected chi connectivity index (χ0v) is 20.5. The second-order valence-corrected chi connectivity index (χ2v) is 9.64. The zero-order chi connectivity index (χ0) is 23.7. The summed E-state index contributed by atoms with van der Waals surface area (Å²) in [4.78, 5) is 33.1. The van der Waals surface area contributed by atoms with E-state index in [1.165, 1.54) is 38.9 Å². The number of carbonyl (C=O) groups excluding carboxylic acids is 1. The molecule has 2 aromatic carbocycles. The molecule has 1 amide bonds. The molecular formula is C27H29N3O2S. The van der Waals surface area contributed by atoms with E-state index in [2.05, 4.69) is 49.3 Å². The molecule has 2 aromatic heterocycles. The van der Waals surface area contributed by atoms with Crippen molar-refractivity contribution in [3.63, 3.8) is 0 Å². The summed E-state index contributed by atoms with van der Waals surface area (Å²) in [6.45, 7) is 10.2. The average Bonchev–Trinajstić information content (AvgIpc) is 3.15. The van der Waals surface area contributed by atoms with Gasteiger partial charge in [0.25, 0.3) is 5.56 Å². The number of aromatic nitrogens is 2. The zero-order valence-electron chi connectivity index (χ0n) is 19.7. The molecule has 0 saturated carbocycles. The Morgan fingerprint density at radius 2 is 1.79 bits per heavy atom. The summed E-state index contributed by atoms with van der Waals surface area (Å²) in [7, 11) is 0. The summed E-state index contributed by atoms with van der Waals surface area (Å²) >= 11 is 1.52. The highest BCUT2D eigenvalue weighted by molar-refractivity contribution is 7.19. The Balaban J connectivity index is 1.76. The summed E-state index contributed by atoms with van der Waals surface area (Å²) in [6.07, 6.45) is 2.93. The lowest BCUT2D eigenvalue weighted by atomic mass is 9.99. The molecule has 33 heavy (non-hydrogen) atoms. The van der Waals surface area contributed by atoms with Gasteiger partial charge < -0.3 is 5.32 Å². The molecule has 0 spiro atoms. The van der Waals surface area contributed by atoms with Crippen molar-refractivity contribution in [1.82, 2.24) is 9.55 Å². The molecule has 0 aliphatic heterocycles. The predicted molar refractivity (Wildman–Crippen MR) is 137 cm³/mol. The van der Waals surface area contributed by atoms with Crippen LogP contribution in [0.2, 0.25) is 0 Å². The van der Waals surface area contributed by atoms with E-state index in [1.54, 1.807) is 0 Å². The van der Waals surface area contributed by atoms with Crippen molar-refractivity contribution >= 4 is 33.1 Å². The summed E-state index contributed by atoms with van der Waals surface area (Å²) < 4.78 is 1.48. The van der Waals surface area contributed by atoms with Crippen LogP contribution in [0.4, 0.5) is 5.69 Å². The second-order valence-electron chi connectivity index (χ2n) is 8.43. The molecule has 4 aromatic rings. The number of hydrogen-bond acceptors (Lipinski definition) is 4. The molecule has 6 heteroatoms. The van der Waals surface area contributed by atoms with Crippen LogP contribution >= 0.6 is 11.3 Å². The molecule has 2 heterocycles.